The third kappa shape index (κ3) is 2.05. The van der Waals surface area contributed by atoms with Crippen molar-refractivity contribution in [3.05, 3.63) is 29.7 Å². The lowest BCUT2D eigenvalue weighted by atomic mass is 9.78. The maximum absolute atomic E-state index is 4.41. The van der Waals surface area contributed by atoms with Gasteiger partial charge in [-0.25, -0.2) is 9.50 Å². The van der Waals surface area contributed by atoms with Gasteiger partial charge in [-0.2, -0.15) is 5.10 Å². The van der Waals surface area contributed by atoms with E-state index >= 15 is 0 Å². The lowest BCUT2D eigenvalue weighted by Gasteiger charge is -2.39. The van der Waals surface area contributed by atoms with Gasteiger partial charge in [-0.05, 0) is 33.1 Å². The van der Waals surface area contributed by atoms with Crippen LogP contribution in [0.15, 0.2) is 18.5 Å². The van der Waals surface area contributed by atoms with Crippen LogP contribution >= 0.6 is 0 Å². The predicted octanol–water partition coefficient (Wildman–Crippen LogP) is 2.07. The summed E-state index contributed by atoms with van der Waals surface area (Å²) in [6.07, 6.45) is 7.90. The van der Waals surface area contributed by atoms with Crippen molar-refractivity contribution in [2.24, 2.45) is 0 Å². The standard InChI is InChI=1S/C13H18N4/c1-10-6-12-14-7-11(9-17(12)16-10)8-15-13(2)4-3-5-13/h6-7,9,15H,3-5,8H2,1-2H3. The Bertz CT molecular complexity index is 539. The number of nitrogens with one attached hydrogen (secondary N) is 1. The molecule has 0 spiro atoms. The molecule has 4 heteroatoms. The van der Waals surface area contributed by atoms with Crippen LogP contribution in [0.25, 0.3) is 5.65 Å². The van der Waals surface area contributed by atoms with E-state index in [2.05, 4.69) is 28.5 Å². The Morgan fingerprint density at radius 1 is 1.47 bits per heavy atom. The van der Waals surface area contributed by atoms with Crippen LogP contribution in [-0.2, 0) is 6.54 Å². The van der Waals surface area contributed by atoms with Gasteiger partial charge >= 0.3 is 0 Å². The zero-order valence-electron chi connectivity index (χ0n) is 10.4. The number of nitrogens with zero attached hydrogens (tertiary/aromatic N) is 3. The van der Waals surface area contributed by atoms with Crippen LogP contribution in [0.4, 0.5) is 0 Å². The number of aryl methyl sites for hydroxylation is 1. The molecular formula is C13H18N4. The average Bonchev–Trinajstić information content (AvgIpc) is 2.63. The fourth-order valence-corrected chi connectivity index (χ4v) is 2.32. The first-order valence-corrected chi connectivity index (χ1v) is 6.21. The topological polar surface area (TPSA) is 42.2 Å². The van der Waals surface area contributed by atoms with Crippen molar-refractivity contribution in [3.8, 4) is 0 Å². The van der Waals surface area contributed by atoms with Crippen molar-refractivity contribution in [3.63, 3.8) is 0 Å². The normalized spacial score (nSPS) is 18.2. The second-order valence-corrected chi connectivity index (χ2v) is 5.32. The molecule has 0 bridgehead atoms. The minimum absolute atomic E-state index is 0.342. The molecule has 0 radical (unpaired) electrons. The Hall–Kier alpha value is -1.42. The smallest absolute Gasteiger partial charge is 0.155 e. The molecule has 0 unspecified atom stereocenters. The van der Waals surface area contributed by atoms with Crippen LogP contribution in [0.1, 0.15) is 37.4 Å². The van der Waals surface area contributed by atoms with Crippen molar-refractivity contribution in [1.29, 1.82) is 0 Å². The molecule has 0 aromatic carbocycles. The van der Waals surface area contributed by atoms with Gasteiger partial charge in [0.15, 0.2) is 5.65 Å². The molecular weight excluding hydrogens is 212 g/mol. The number of fused-ring (bicyclic) bond motifs is 1. The summed E-state index contributed by atoms with van der Waals surface area (Å²) in [6, 6.07) is 1.99. The molecule has 1 aliphatic carbocycles. The highest BCUT2D eigenvalue weighted by Gasteiger charge is 2.30. The highest BCUT2D eigenvalue weighted by molar-refractivity contribution is 5.38. The highest BCUT2D eigenvalue weighted by Crippen LogP contribution is 2.31. The van der Waals surface area contributed by atoms with Crippen LogP contribution in [0, 0.1) is 6.92 Å². The van der Waals surface area contributed by atoms with E-state index in [4.69, 9.17) is 0 Å². The van der Waals surface area contributed by atoms with E-state index in [0.717, 1.165) is 17.9 Å². The number of hydrogen-bond donors (Lipinski definition) is 1. The third-order valence-electron chi connectivity index (χ3n) is 3.67. The fraction of sp³-hybridized carbons (Fsp3) is 0.538. The number of hydrogen-bond acceptors (Lipinski definition) is 3. The third-order valence-corrected chi connectivity index (χ3v) is 3.67. The van der Waals surface area contributed by atoms with Crippen LogP contribution < -0.4 is 5.32 Å². The molecule has 2 heterocycles. The van der Waals surface area contributed by atoms with Gasteiger partial charge in [-0.3, -0.25) is 0 Å². The summed E-state index contributed by atoms with van der Waals surface area (Å²) in [6.45, 7) is 5.15. The summed E-state index contributed by atoms with van der Waals surface area (Å²) in [5, 5.41) is 7.98. The quantitative estimate of drug-likeness (QED) is 0.877. The first-order chi connectivity index (χ1) is 8.15. The van der Waals surface area contributed by atoms with Crippen LogP contribution in [0.3, 0.4) is 0 Å². The molecule has 1 saturated carbocycles. The van der Waals surface area contributed by atoms with Gasteiger partial charge in [0.2, 0.25) is 0 Å². The van der Waals surface area contributed by atoms with Crippen molar-refractivity contribution in [1.82, 2.24) is 19.9 Å². The highest BCUT2D eigenvalue weighted by atomic mass is 15.2. The zero-order chi connectivity index (χ0) is 11.9. The van der Waals surface area contributed by atoms with Gasteiger partial charge in [0.05, 0.1) is 5.69 Å². The summed E-state index contributed by atoms with van der Waals surface area (Å²) >= 11 is 0. The Kier molecular flexibility index (Phi) is 2.40. The summed E-state index contributed by atoms with van der Waals surface area (Å²) in [5.41, 5.74) is 3.46. The molecule has 4 nitrogen and oxygen atoms in total. The molecule has 2 aromatic heterocycles. The minimum atomic E-state index is 0.342. The largest absolute Gasteiger partial charge is 0.307 e. The van der Waals surface area contributed by atoms with Crippen molar-refractivity contribution < 1.29 is 0 Å². The second kappa shape index (κ2) is 3.81. The van der Waals surface area contributed by atoms with E-state index in [-0.39, 0.29) is 0 Å². The van der Waals surface area contributed by atoms with Gasteiger partial charge in [0.25, 0.3) is 0 Å². The predicted molar refractivity (Wildman–Crippen MR) is 66.8 cm³/mol. The molecule has 1 N–H and O–H groups in total. The van der Waals surface area contributed by atoms with Gasteiger partial charge < -0.3 is 5.32 Å². The summed E-state index contributed by atoms with van der Waals surface area (Å²) < 4.78 is 1.86. The lowest BCUT2D eigenvalue weighted by molar-refractivity contribution is 0.206. The molecule has 17 heavy (non-hydrogen) atoms. The molecule has 1 aliphatic rings. The van der Waals surface area contributed by atoms with E-state index in [1.807, 2.05) is 23.7 Å². The van der Waals surface area contributed by atoms with Gasteiger partial charge in [0.1, 0.15) is 0 Å². The lowest BCUT2D eigenvalue weighted by Crippen LogP contribution is -2.47. The summed E-state index contributed by atoms with van der Waals surface area (Å²) in [5.74, 6) is 0. The molecule has 2 aromatic rings. The van der Waals surface area contributed by atoms with E-state index in [1.165, 1.54) is 24.8 Å². The van der Waals surface area contributed by atoms with Crippen LogP contribution in [0.2, 0.25) is 0 Å². The Morgan fingerprint density at radius 3 is 3.00 bits per heavy atom. The van der Waals surface area contributed by atoms with Gasteiger partial charge in [0, 0.05) is 36.1 Å². The summed E-state index contributed by atoms with van der Waals surface area (Å²) in [7, 11) is 0. The zero-order valence-corrected chi connectivity index (χ0v) is 10.4. The van der Waals surface area contributed by atoms with E-state index in [1.54, 1.807) is 0 Å². The van der Waals surface area contributed by atoms with Crippen molar-refractivity contribution >= 4 is 5.65 Å². The van der Waals surface area contributed by atoms with E-state index in [9.17, 15) is 0 Å². The molecule has 3 rings (SSSR count). The monoisotopic (exact) mass is 230 g/mol. The number of aromatic nitrogens is 3. The maximum atomic E-state index is 4.41. The Balaban J connectivity index is 1.76. The Labute approximate surface area is 101 Å². The number of rotatable bonds is 3. The van der Waals surface area contributed by atoms with Gasteiger partial charge in [-0.1, -0.05) is 0 Å². The molecule has 0 aliphatic heterocycles. The molecule has 0 atom stereocenters. The molecule has 0 amide bonds. The van der Waals surface area contributed by atoms with Crippen LogP contribution in [0.5, 0.6) is 0 Å². The van der Waals surface area contributed by atoms with E-state index < -0.39 is 0 Å². The Morgan fingerprint density at radius 2 is 2.29 bits per heavy atom. The average molecular weight is 230 g/mol. The maximum Gasteiger partial charge on any atom is 0.155 e. The first-order valence-electron chi connectivity index (χ1n) is 6.21. The van der Waals surface area contributed by atoms with Crippen molar-refractivity contribution in [2.75, 3.05) is 0 Å². The molecule has 1 fully saturated rings. The summed E-state index contributed by atoms with van der Waals surface area (Å²) in [4.78, 5) is 4.41. The SMILES string of the molecule is Cc1cc2ncc(CNC3(C)CCC3)cn2n1. The first kappa shape index (κ1) is 10.7. The van der Waals surface area contributed by atoms with Crippen LogP contribution in [-0.4, -0.2) is 20.1 Å². The van der Waals surface area contributed by atoms with Gasteiger partial charge in [-0.15, -0.1) is 0 Å². The van der Waals surface area contributed by atoms with E-state index in [0.29, 0.717) is 5.54 Å². The minimum Gasteiger partial charge on any atom is -0.307 e. The second-order valence-electron chi connectivity index (χ2n) is 5.32. The molecule has 90 valence electrons. The van der Waals surface area contributed by atoms with Crippen molar-refractivity contribution in [2.45, 2.75) is 45.2 Å². The molecule has 0 saturated heterocycles. The fourth-order valence-electron chi connectivity index (χ4n) is 2.32.